The lowest BCUT2D eigenvalue weighted by atomic mass is 10.1. The highest BCUT2D eigenvalue weighted by Crippen LogP contribution is 2.19. The van der Waals surface area contributed by atoms with Crippen LogP contribution >= 0.6 is 0 Å². The van der Waals surface area contributed by atoms with E-state index in [0.29, 0.717) is 23.4 Å². The molecule has 3 aromatic rings. The van der Waals surface area contributed by atoms with E-state index in [1.807, 2.05) is 6.92 Å². The van der Waals surface area contributed by atoms with Crippen LogP contribution in [0.1, 0.15) is 21.5 Å². The van der Waals surface area contributed by atoms with E-state index in [4.69, 9.17) is 5.26 Å². The average molecular weight is 405 g/mol. The molecule has 3 aromatic carbocycles. The third-order valence-electron chi connectivity index (χ3n) is 4.20. The Morgan fingerprint density at radius 1 is 0.966 bits per heavy atom. The molecular formula is C22H19N3O3S. The van der Waals surface area contributed by atoms with E-state index in [1.165, 1.54) is 18.2 Å². The van der Waals surface area contributed by atoms with Crippen molar-refractivity contribution in [3.8, 4) is 6.07 Å². The number of nitrogens with one attached hydrogen (secondary N) is 2. The van der Waals surface area contributed by atoms with Crippen molar-refractivity contribution >= 4 is 27.3 Å². The molecule has 0 atom stereocenters. The molecule has 0 spiro atoms. The number of carbonyl (C=O) groups excluding carboxylic acids is 1. The molecule has 0 saturated carbocycles. The Labute approximate surface area is 169 Å². The Bertz CT molecular complexity index is 1160. The van der Waals surface area contributed by atoms with Gasteiger partial charge in [0.05, 0.1) is 17.4 Å². The summed E-state index contributed by atoms with van der Waals surface area (Å²) in [6.07, 6.45) is 0.303. The summed E-state index contributed by atoms with van der Waals surface area (Å²) in [5, 5.41) is 11.5. The molecule has 0 heterocycles. The lowest BCUT2D eigenvalue weighted by molar-refractivity contribution is 0.102. The van der Waals surface area contributed by atoms with Crippen LogP contribution in [0, 0.1) is 18.3 Å². The molecule has 0 saturated heterocycles. The van der Waals surface area contributed by atoms with Crippen LogP contribution in [0.4, 0.5) is 11.4 Å². The third kappa shape index (κ3) is 5.21. The molecule has 7 heteroatoms. The Hall–Kier alpha value is -3.63. The first-order valence-corrected chi connectivity index (χ1v) is 10.3. The zero-order valence-electron chi connectivity index (χ0n) is 15.7. The van der Waals surface area contributed by atoms with Gasteiger partial charge in [-0.1, -0.05) is 35.9 Å². The zero-order chi connectivity index (χ0) is 20.9. The standard InChI is InChI=1S/C22H19N3O3S/c1-16-5-11-21(12-6-16)29(27,28)25-20-4-2-3-18(15-20)22(26)24-19-9-7-17(8-10-19)13-14-23/h2-12,15,25H,13H2,1H3,(H,24,26). The maximum Gasteiger partial charge on any atom is 0.261 e. The second-order valence-electron chi connectivity index (χ2n) is 6.49. The van der Waals surface area contributed by atoms with Gasteiger partial charge in [0.1, 0.15) is 0 Å². The number of aryl methyl sites for hydroxylation is 1. The SMILES string of the molecule is Cc1ccc(S(=O)(=O)Nc2cccc(C(=O)Nc3ccc(CC#N)cc3)c2)cc1. The molecule has 29 heavy (non-hydrogen) atoms. The number of benzene rings is 3. The van der Waals surface area contributed by atoms with Crippen molar-refractivity contribution < 1.29 is 13.2 Å². The fourth-order valence-electron chi connectivity index (χ4n) is 2.66. The van der Waals surface area contributed by atoms with Gasteiger partial charge in [-0.05, 0) is 55.0 Å². The second kappa shape index (κ2) is 8.59. The normalized spacial score (nSPS) is 10.8. The maximum atomic E-state index is 12.5. The van der Waals surface area contributed by atoms with Gasteiger partial charge < -0.3 is 5.32 Å². The summed E-state index contributed by atoms with van der Waals surface area (Å²) in [5.41, 5.74) is 3.02. The summed E-state index contributed by atoms with van der Waals surface area (Å²) in [5.74, 6) is -0.366. The monoisotopic (exact) mass is 405 g/mol. The van der Waals surface area contributed by atoms with Gasteiger partial charge in [-0.3, -0.25) is 9.52 Å². The minimum absolute atomic E-state index is 0.149. The van der Waals surface area contributed by atoms with Gasteiger partial charge in [-0.2, -0.15) is 5.26 Å². The lowest BCUT2D eigenvalue weighted by Gasteiger charge is -2.10. The third-order valence-corrected chi connectivity index (χ3v) is 5.60. The first kappa shape index (κ1) is 20.1. The summed E-state index contributed by atoms with van der Waals surface area (Å²) in [6.45, 7) is 1.88. The smallest absolute Gasteiger partial charge is 0.261 e. The van der Waals surface area contributed by atoms with Gasteiger partial charge in [0, 0.05) is 16.9 Å². The van der Waals surface area contributed by atoms with Gasteiger partial charge in [-0.25, -0.2) is 8.42 Å². The van der Waals surface area contributed by atoms with E-state index < -0.39 is 10.0 Å². The predicted molar refractivity (Wildman–Crippen MR) is 112 cm³/mol. The second-order valence-corrected chi connectivity index (χ2v) is 8.17. The molecule has 0 radical (unpaired) electrons. The van der Waals surface area contributed by atoms with E-state index in [9.17, 15) is 13.2 Å². The van der Waals surface area contributed by atoms with Crippen LogP contribution in [0.5, 0.6) is 0 Å². The Kier molecular flexibility index (Phi) is 5.96. The topological polar surface area (TPSA) is 99.1 Å². The van der Waals surface area contributed by atoms with Crippen LogP contribution in [0.3, 0.4) is 0 Å². The summed E-state index contributed by atoms with van der Waals surface area (Å²) in [7, 11) is -3.75. The fraction of sp³-hybridized carbons (Fsp3) is 0.0909. The number of sulfonamides is 1. The molecule has 0 unspecified atom stereocenters. The Morgan fingerprint density at radius 3 is 2.31 bits per heavy atom. The summed E-state index contributed by atoms with van der Waals surface area (Å²) in [4.78, 5) is 12.7. The number of hydrogen-bond donors (Lipinski definition) is 2. The number of carbonyl (C=O) groups is 1. The van der Waals surface area contributed by atoms with Crippen LogP contribution in [-0.2, 0) is 16.4 Å². The summed E-state index contributed by atoms with van der Waals surface area (Å²) in [6, 6.07) is 21.8. The summed E-state index contributed by atoms with van der Waals surface area (Å²) >= 11 is 0. The van der Waals surface area contributed by atoms with Gasteiger partial charge in [0.2, 0.25) is 0 Å². The molecule has 0 bridgehead atoms. The predicted octanol–water partition coefficient (Wildman–Crippen LogP) is 4.11. The lowest BCUT2D eigenvalue weighted by Crippen LogP contribution is -2.15. The van der Waals surface area contributed by atoms with E-state index in [-0.39, 0.29) is 10.8 Å². The molecule has 2 N–H and O–H groups in total. The minimum atomic E-state index is -3.75. The first-order chi connectivity index (χ1) is 13.9. The highest BCUT2D eigenvalue weighted by molar-refractivity contribution is 7.92. The highest BCUT2D eigenvalue weighted by Gasteiger charge is 2.15. The Balaban J connectivity index is 1.74. The van der Waals surface area contributed by atoms with E-state index in [2.05, 4.69) is 16.1 Å². The number of amides is 1. The van der Waals surface area contributed by atoms with Gasteiger partial charge >= 0.3 is 0 Å². The number of hydrogen-bond acceptors (Lipinski definition) is 4. The highest BCUT2D eigenvalue weighted by atomic mass is 32.2. The van der Waals surface area contributed by atoms with E-state index in [1.54, 1.807) is 54.6 Å². The van der Waals surface area contributed by atoms with Crippen LogP contribution in [-0.4, -0.2) is 14.3 Å². The maximum absolute atomic E-state index is 12.5. The fourth-order valence-corrected chi connectivity index (χ4v) is 3.71. The molecule has 6 nitrogen and oxygen atoms in total. The van der Waals surface area contributed by atoms with Crippen LogP contribution in [0.15, 0.2) is 77.7 Å². The Morgan fingerprint density at radius 2 is 1.66 bits per heavy atom. The van der Waals surface area contributed by atoms with Crippen LogP contribution < -0.4 is 10.0 Å². The molecule has 0 aliphatic carbocycles. The molecule has 0 aliphatic heterocycles. The zero-order valence-corrected chi connectivity index (χ0v) is 16.5. The molecule has 146 valence electrons. The molecule has 1 amide bonds. The van der Waals surface area contributed by atoms with Crippen molar-refractivity contribution in [2.24, 2.45) is 0 Å². The van der Waals surface area contributed by atoms with Gasteiger partial charge in [0.25, 0.3) is 15.9 Å². The largest absolute Gasteiger partial charge is 0.322 e. The quantitative estimate of drug-likeness (QED) is 0.644. The number of nitrogens with zero attached hydrogens (tertiary/aromatic N) is 1. The molecule has 3 rings (SSSR count). The van der Waals surface area contributed by atoms with Crippen molar-refractivity contribution in [3.63, 3.8) is 0 Å². The van der Waals surface area contributed by atoms with E-state index in [0.717, 1.165) is 11.1 Å². The van der Waals surface area contributed by atoms with Crippen molar-refractivity contribution in [2.75, 3.05) is 10.0 Å². The summed E-state index contributed by atoms with van der Waals surface area (Å²) < 4.78 is 27.6. The number of anilines is 2. The average Bonchev–Trinajstić information content (AvgIpc) is 2.70. The van der Waals surface area contributed by atoms with Gasteiger partial charge in [0.15, 0.2) is 0 Å². The van der Waals surface area contributed by atoms with Gasteiger partial charge in [-0.15, -0.1) is 0 Å². The van der Waals surface area contributed by atoms with Crippen LogP contribution in [0.25, 0.3) is 0 Å². The van der Waals surface area contributed by atoms with Crippen LogP contribution in [0.2, 0.25) is 0 Å². The molecule has 0 aliphatic rings. The molecule has 0 fully saturated rings. The number of nitriles is 1. The minimum Gasteiger partial charge on any atom is -0.322 e. The molecule has 0 aromatic heterocycles. The van der Waals surface area contributed by atoms with Crippen molar-refractivity contribution in [1.82, 2.24) is 0 Å². The van der Waals surface area contributed by atoms with E-state index >= 15 is 0 Å². The first-order valence-electron chi connectivity index (χ1n) is 8.84. The molecular weight excluding hydrogens is 386 g/mol. The van der Waals surface area contributed by atoms with Crippen molar-refractivity contribution in [1.29, 1.82) is 5.26 Å². The van der Waals surface area contributed by atoms with Crippen molar-refractivity contribution in [2.45, 2.75) is 18.2 Å². The number of rotatable bonds is 6. The van der Waals surface area contributed by atoms with Crippen molar-refractivity contribution in [3.05, 3.63) is 89.5 Å².